The zero-order valence-corrected chi connectivity index (χ0v) is 13.3. The van der Waals surface area contributed by atoms with Crippen molar-refractivity contribution < 1.29 is 33.4 Å². The number of cyclic esters (lactones) is 3. The van der Waals surface area contributed by atoms with E-state index in [1.165, 1.54) is 19.1 Å². The summed E-state index contributed by atoms with van der Waals surface area (Å²) >= 11 is 0. The number of carbonyl (C=O) groups is 4. The average Bonchev–Trinajstić information content (AvgIpc) is 2.42. The van der Waals surface area contributed by atoms with Crippen LogP contribution in [-0.4, -0.2) is 42.0 Å². The largest absolute Gasteiger partial charge is 0.462 e. The van der Waals surface area contributed by atoms with Crippen LogP contribution in [0.4, 0.5) is 0 Å². The molecule has 1 heterocycles. The minimum atomic E-state index is -1.02. The standard InChI is InChI=1S/C16H20O7/c1-10-5-4-6-14(18)23-12(3)13(17)7-8-15(19)22-11(2)9-16(20)21-10/h4,6-8,10-12H,5,9H2,1-3H3/b6-4+,8-7+/t10-,11?,12-/m0/s1. The third kappa shape index (κ3) is 7.39. The van der Waals surface area contributed by atoms with Crippen molar-refractivity contribution in [2.45, 2.75) is 51.9 Å². The van der Waals surface area contributed by atoms with Crippen LogP contribution in [0.3, 0.4) is 0 Å². The summed E-state index contributed by atoms with van der Waals surface area (Å²) in [5, 5.41) is 0. The molecule has 3 atom stereocenters. The highest BCUT2D eigenvalue weighted by atomic mass is 16.6. The Hall–Kier alpha value is -2.44. The smallest absolute Gasteiger partial charge is 0.331 e. The van der Waals surface area contributed by atoms with E-state index in [-0.39, 0.29) is 6.42 Å². The second kappa shape index (κ2) is 8.87. The summed E-state index contributed by atoms with van der Waals surface area (Å²) in [5.74, 6) is -2.52. The van der Waals surface area contributed by atoms with Crippen LogP contribution in [0.2, 0.25) is 0 Å². The maximum Gasteiger partial charge on any atom is 0.331 e. The van der Waals surface area contributed by atoms with Gasteiger partial charge < -0.3 is 14.2 Å². The van der Waals surface area contributed by atoms with Crippen molar-refractivity contribution in [3.63, 3.8) is 0 Å². The molecule has 7 nitrogen and oxygen atoms in total. The third-order valence-corrected chi connectivity index (χ3v) is 2.90. The molecule has 0 aromatic heterocycles. The Kier molecular flexibility index (Phi) is 7.18. The Morgan fingerprint density at radius 3 is 2.17 bits per heavy atom. The van der Waals surface area contributed by atoms with Gasteiger partial charge in [0.15, 0.2) is 11.9 Å². The predicted octanol–water partition coefficient (Wildman–Crippen LogP) is 1.26. The number of carbonyl (C=O) groups excluding carboxylic acids is 4. The van der Waals surface area contributed by atoms with Gasteiger partial charge in [0.1, 0.15) is 12.2 Å². The minimum Gasteiger partial charge on any atom is -0.462 e. The SMILES string of the molecule is CC1CC(=O)O[C@@H](C)C/C=C/C(=O)O[C@@H](C)C(=O)/C=C/C(=O)O1. The van der Waals surface area contributed by atoms with E-state index in [4.69, 9.17) is 14.2 Å². The van der Waals surface area contributed by atoms with E-state index in [0.717, 1.165) is 12.2 Å². The Labute approximate surface area is 134 Å². The highest BCUT2D eigenvalue weighted by Gasteiger charge is 2.18. The summed E-state index contributed by atoms with van der Waals surface area (Å²) in [4.78, 5) is 46.4. The van der Waals surface area contributed by atoms with Crippen molar-refractivity contribution in [2.24, 2.45) is 0 Å². The third-order valence-electron chi connectivity index (χ3n) is 2.90. The van der Waals surface area contributed by atoms with E-state index in [0.29, 0.717) is 6.42 Å². The molecule has 0 aromatic rings. The fraction of sp³-hybridized carbons (Fsp3) is 0.500. The first-order valence-corrected chi connectivity index (χ1v) is 7.27. The molecular weight excluding hydrogens is 304 g/mol. The van der Waals surface area contributed by atoms with Crippen LogP contribution in [-0.2, 0) is 33.4 Å². The number of esters is 3. The van der Waals surface area contributed by atoms with Crippen LogP contribution in [0.25, 0.3) is 0 Å². The zero-order valence-electron chi connectivity index (χ0n) is 13.3. The summed E-state index contributed by atoms with van der Waals surface area (Å²) in [7, 11) is 0. The monoisotopic (exact) mass is 324 g/mol. The first kappa shape index (κ1) is 18.6. The molecule has 1 aliphatic rings. The van der Waals surface area contributed by atoms with E-state index < -0.39 is 42.0 Å². The van der Waals surface area contributed by atoms with E-state index >= 15 is 0 Å². The summed E-state index contributed by atoms with van der Waals surface area (Å²) in [5.41, 5.74) is 0. The Morgan fingerprint density at radius 1 is 0.826 bits per heavy atom. The van der Waals surface area contributed by atoms with Crippen LogP contribution >= 0.6 is 0 Å². The van der Waals surface area contributed by atoms with Gasteiger partial charge in [0, 0.05) is 18.6 Å². The molecule has 0 saturated heterocycles. The van der Waals surface area contributed by atoms with Crippen molar-refractivity contribution in [3.8, 4) is 0 Å². The number of ether oxygens (including phenoxy) is 3. The van der Waals surface area contributed by atoms with Crippen molar-refractivity contribution in [1.29, 1.82) is 0 Å². The maximum absolute atomic E-state index is 11.7. The highest BCUT2D eigenvalue weighted by molar-refractivity contribution is 5.99. The van der Waals surface area contributed by atoms with Gasteiger partial charge in [0.2, 0.25) is 0 Å². The molecule has 0 aliphatic carbocycles. The summed E-state index contributed by atoms with van der Waals surface area (Å²) in [6.45, 7) is 4.62. The molecule has 0 fully saturated rings. The van der Waals surface area contributed by atoms with Gasteiger partial charge in [-0.2, -0.15) is 0 Å². The van der Waals surface area contributed by atoms with Crippen LogP contribution in [0.1, 0.15) is 33.6 Å². The normalized spacial score (nSPS) is 30.8. The molecule has 23 heavy (non-hydrogen) atoms. The van der Waals surface area contributed by atoms with Gasteiger partial charge in [-0.3, -0.25) is 9.59 Å². The van der Waals surface area contributed by atoms with Crippen LogP contribution in [0.15, 0.2) is 24.3 Å². The molecule has 0 amide bonds. The van der Waals surface area contributed by atoms with Crippen molar-refractivity contribution in [2.75, 3.05) is 0 Å². The summed E-state index contributed by atoms with van der Waals surface area (Å²) in [6.07, 6.45) is 2.65. The van der Waals surface area contributed by atoms with E-state index in [1.807, 2.05) is 0 Å². The average molecular weight is 324 g/mol. The van der Waals surface area contributed by atoms with E-state index in [9.17, 15) is 19.2 Å². The second-order valence-corrected chi connectivity index (χ2v) is 5.20. The lowest BCUT2D eigenvalue weighted by atomic mass is 10.2. The van der Waals surface area contributed by atoms with Gasteiger partial charge in [-0.15, -0.1) is 0 Å². The minimum absolute atomic E-state index is 0.0972. The predicted molar refractivity (Wildman–Crippen MR) is 79.2 cm³/mol. The fourth-order valence-electron chi connectivity index (χ4n) is 1.75. The molecule has 0 N–H and O–H groups in total. The molecule has 0 spiro atoms. The number of hydrogen-bond acceptors (Lipinski definition) is 7. The number of hydrogen-bond donors (Lipinski definition) is 0. The maximum atomic E-state index is 11.7. The van der Waals surface area contributed by atoms with Gasteiger partial charge >= 0.3 is 17.9 Å². The summed E-state index contributed by atoms with van der Waals surface area (Å²) in [6, 6.07) is 0. The molecule has 126 valence electrons. The molecule has 1 unspecified atom stereocenters. The van der Waals surface area contributed by atoms with Gasteiger partial charge in [-0.05, 0) is 26.8 Å². The molecule has 0 saturated carbocycles. The molecule has 1 aliphatic heterocycles. The molecule has 0 aromatic carbocycles. The van der Waals surface area contributed by atoms with Crippen molar-refractivity contribution >= 4 is 23.7 Å². The van der Waals surface area contributed by atoms with E-state index in [1.54, 1.807) is 13.8 Å². The Morgan fingerprint density at radius 2 is 1.48 bits per heavy atom. The zero-order chi connectivity index (χ0) is 17.4. The van der Waals surface area contributed by atoms with Crippen molar-refractivity contribution in [3.05, 3.63) is 24.3 Å². The van der Waals surface area contributed by atoms with Gasteiger partial charge in [0.25, 0.3) is 0 Å². The Balaban J connectivity index is 2.84. The topological polar surface area (TPSA) is 96.0 Å². The first-order chi connectivity index (χ1) is 10.8. The first-order valence-electron chi connectivity index (χ1n) is 7.27. The quantitative estimate of drug-likeness (QED) is 0.489. The van der Waals surface area contributed by atoms with E-state index in [2.05, 4.69) is 0 Å². The van der Waals surface area contributed by atoms with Crippen molar-refractivity contribution in [1.82, 2.24) is 0 Å². The van der Waals surface area contributed by atoms with Gasteiger partial charge in [0.05, 0.1) is 6.42 Å². The fourth-order valence-corrected chi connectivity index (χ4v) is 1.75. The van der Waals surface area contributed by atoms with Crippen LogP contribution < -0.4 is 0 Å². The Bertz CT molecular complexity index is 533. The lowest BCUT2D eigenvalue weighted by Crippen LogP contribution is -2.24. The number of ketones is 1. The highest BCUT2D eigenvalue weighted by Crippen LogP contribution is 2.07. The van der Waals surface area contributed by atoms with Gasteiger partial charge in [-0.1, -0.05) is 6.08 Å². The van der Waals surface area contributed by atoms with Crippen LogP contribution in [0, 0.1) is 0 Å². The molecule has 1 rings (SSSR count). The lowest BCUT2D eigenvalue weighted by Gasteiger charge is -2.15. The molecule has 0 radical (unpaired) electrons. The second-order valence-electron chi connectivity index (χ2n) is 5.20. The van der Waals surface area contributed by atoms with Crippen LogP contribution in [0.5, 0.6) is 0 Å². The number of rotatable bonds is 0. The summed E-state index contributed by atoms with van der Waals surface area (Å²) < 4.78 is 15.0. The molecule has 7 heteroatoms. The molecule has 0 bridgehead atoms. The van der Waals surface area contributed by atoms with Gasteiger partial charge in [-0.25, -0.2) is 9.59 Å². The molecular formula is C16H20O7. The lowest BCUT2D eigenvalue weighted by molar-refractivity contribution is -0.154.